The molecule has 1 amide bonds. The molecule has 0 atom stereocenters. The van der Waals surface area contributed by atoms with Gasteiger partial charge < -0.3 is 10.1 Å². The summed E-state index contributed by atoms with van der Waals surface area (Å²) in [5.41, 5.74) is 1.10. The molecular formula is C18H17N3O3S. The number of amides is 1. The van der Waals surface area contributed by atoms with Gasteiger partial charge in [-0.2, -0.15) is 0 Å². The van der Waals surface area contributed by atoms with E-state index in [-0.39, 0.29) is 18.0 Å². The summed E-state index contributed by atoms with van der Waals surface area (Å²) in [6.45, 7) is 0.405. The Morgan fingerprint density at radius 2 is 2.08 bits per heavy atom. The van der Waals surface area contributed by atoms with Gasteiger partial charge in [-0.15, -0.1) is 11.3 Å². The lowest BCUT2D eigenvalue weighted by molar-refractivity contribution is -0.121. The number of carbonyl (C=O) groups excluding carboxylic acids is 1. The Morgan fingerprint density at radius 1 is 1.28 bits per heavy atom. The molecule has 6 nitrogen and oxygen atoms in total. The minimum absolute atomic E-state index is 0.0555. The second-order valence-corrected chi connectivity index (χ2v) is 6.36. The van der Waals surface area contributed by atoms with Gasteiger partial charge in [0.25, 0.3) is 5.56 Å². The fraction of sp³-hybridized carbons (Fsp3) is 0.167. The molecule has 2 aromatic heterocycles. The van der Waals surface area contributed by atoms with Crippen molar-refractivity contribution in [3.8, 4) is 17.0 Å². The van der Waals surface area contributed by atoms with E-state index in [0.29, 0.717) is 12.2 Å². The van der Waals surface area contributed by atoms with Crippen molar-refractivity contribution in [1.29, 1.82) is 0 Å². The minimum Gasteiger partial charge on any atom is -0.497 e. The maximum atomic E-state index is 12.2. The van der Waals surface area contributed by atoms with Crippen molar-refractivity contribution >= 4 is 17.2 Å². The van der Waals surface area contributed by atoms with Gasteiger partial charge >= 0.3 is 0 Å². The summed E-state index contributed by atoms with van der Waals surface area (Å²) in [5, 5.41) is 4.74. The summed E-state index contributed by atoms with van der Waals surface area (Å²) in [7, 11) is 1.60. The molecule has 0 aliphatic heterocycles. The molecule has 128 valence electrons. The highest BCUT2D eigenvalue weighted by molar-refractivity contribution is 7.09. The first-order valence-corrected chi connectivity index (χ1v) is 8.53. The van der Waals surface area contributed by atoms with Crippen LogP contribution in [0.2, 0.25) is 0 Å². The van der Waals surface area contributed by atoms with E-state index in [0.717, 1.165) is 16.2 Å². The van der Waals surface area contributed by atoms with Crippen molar-refractivity contribution in [2.45, 2.75) is 13.1 Å². The topological polar surface area (TPSA) is 73.2 Å². The zero-order valence-corrected chi connectivity index (χ0v) is 14.5. The second kappa shape index (κ2) is 7.76. The average Bonchev–Trinajstić information content (AvgIpc) is 3.15. The van der Waals surface area contributed by atoms with Gasteiger partial charge in [0.05, 0.1) is 25.7 Å². The SMILES string of the molecule is COc1ccc(-c2cc(=O)n(CC(=O)NCc3cccs3)cn2)cc1. The lowest BCUT2D eigenvalue weighted by Crippen LogP contribution is -2.31. The van der Waals surface area contributed by atoms with Gasteiger partial charge in [0.2, 0.25) is 5.91 Å². The summed E-state index contributed by atoms with van der Waals surface area (Å²) in [6.07, 6.45) is 1.40. The van der Waals surface area contributed by atoms with Gasteiger partial charge in [-0.05, 0) is 35.7 Å². The average molecular weight is 355 g/mol. The number of hydrogen-bond donors (Lipinski definition) is 1. The van der Waals surface area contributed by atoms with Crippen LogP contribution in [-0.2, 0) is 17.9 Å². The smallest absolute Gasteiger partial charge is 0.254 e. The third-order valence-electron chi connectivity index (χ3n) is 3.62. The molecule has 1 aromatic carbocycles. The predicted octanol–water partition coefficient (Wildman–Crippen LogP) is 2.30. The second-order valence-electron chi connectivity index (χ2n) is 5.32. The standard InChI is InChI=1S/C18H17N3O3S/c1-24-14-6-4-13(5-7-14)16-9-18(23)21(12-20-16)11-17(22)19-10-15-3-2-8-25-15/h2-9,12H,10-11H2,1H3,(H,19,22). The molecule has 0 aliphatic rings. The van der Waals surface area contributed by atoms with E-state index < -0.39 is 0 Å². The number of thiophene rings is 1. The Balaban J connectivity index is 1.66. The van der Waals surface area contributed by atoms with Crippen LogP contribution in [0.25, 0.3) is 11.3 Å². The van der Waals surface area contributed by atoms with Gasteiger partial charge in [0.1, 0.15) is 12.3 Å². The van der Waals surface area contributed by atoms with Crippen LogP contribution in [0.5, 0.6) is 5.75 Å². The molecule has 0 bridgehead atoms. The normalized spacial score (nSPS) is 10.4. The molecule has 0 aliphatic carbocycles. The summed E-state index contributed by atoms with van der Waals surface area (Å²) in [4.78, 5) is 29.5. The Hall–Kier alpha value is -2.93. The molecule has 3 aromatic rings. The fourth-order valence-corrected chi connectivity index (χ4v) is 2.92. The van der Waals surface area contributed by atoms with E-state index in [4.69, 9.17) is 4.74 Å². The van der Waals surface area contributed by atoms with Crippen LogP contribution in [0.15, 0.2) is 59.0 Å². The van der Waals surface area contributed by atoms with Crippen LogP contribution >= 0.6 is 11.3 Å². The first kappa shape index (κ1) is 16.9. The monoisotopic (exact) mass is 355 g/mol. The van der Waals surface area contributed by atoms with Gasteiger partial charge in [-0.3, -0.25) is 14.2 Å². The number of ether oxygens (including phenoxy) is 1. The molecule has 7 heteroatoms. The highest BCUT2D eigenvalue weighted by atomic mass is 32.1. The Labute approximate surface area is 148 Å². The van der Waals surface area contributed by atoms with Crippen molar-refractivity contribution in [3.05, 3.63) is 69.4 Å². The highest BCUT2D eigenvalue weighted by Crippen LogP contribution is 2.19. The molecule has 0 radical (unpaired) electrons. The van der Waals surface area contributed by atoms with E-state index in [2.05, 4.69) is 10.3 Å². The maximum Gasteiger partial charge on any atom is 0.254 e. The molecule has 0 saturated heterocycles. The number of carbonyl (C=O) groups is 1. The van der Waals surface area contributed by atoms with Gasteiger partial charge in [-0.1, -0.05) is 6.07 Å². The van der Waals surface area contributed by atoms with Crippen molar-refractivity contribution in [2.75, 3.05) is 7.11 Å². The van der Waals surface area contributed by atoms with Crippen LogP contribution in [0.4, 0.5) is 0 Å². The number of nitrogens with zero attached hydrogens (tertiary/aromatic N) is 2. The van der Waals surface area contributed by atoms with Crippen LogP contribution in [-0.4, -0.2) is 22.6 Å². The summed E-state index contributed by atoms with van der Waals surface area (Å²) < 4.78 is 6.40. The third kappa shape index (κ3) is 4.33. The molecule has 0 fully saturated rings. The van der Waals surface area contributed by atoms with Crippen LogP contribution < -0.4 is 15.6 Å². The Kier molecular flexibility index (Phi) is 5.25. The summed E-state index contributed by atoms with van der Waals surface area (Å²) in [6, 6.07) is 12.6. The number of nitrogens with one attached hydrogen (secondary N) is 1. The van der Waals surface area contributed by atoms with Gasteiger partial charge in [-0.25, -0.2) is 4.98 Å². The number of methoxy groups -OCH3 is 1. The zero-order valence-electron chi connectivity index (χ0n) is 13.6. The lowest BCUT2D eigenvalue weighted by atomic mass is 10.1. The molecule has 3 rings (SSSR count). The van der Waals surface area contributed by atoms with Crippen LogP contribution in [0.3, 0.4) is 0 Å². The van der Waals surface area contributed by atoms with Crippen molar-refractivity contribution < 1.29 is 9.53 Å². The third-order valence-corrected chi connectivity index (χ3v) is 4.50. The summed E-state index contributed by atoms with van der Waals surface area (Å²) >= 11 is 1.57. The maximum absolute atomic E-state index is 12.2. The van der Waals surface area contributed by atoms with Crippen LogP contribution in [0.1, 0.15) is 4.88 Å². The van der Waals surface area contributed by atoms with Crippen molar-refractivity contribution in [2.24, 2.45) is 0 Å². The van der Waals surface area contributed by atoms with E-state index in [1.165, 1.54) is 17.0 Å². The van der Waals surface area contributed by atoms with Crippen LogP contribution in [0, 0.1) is 0 Å². The summed E-state index contributed by atoms with van der Waals surface area (Å²) in [5.74, 6) is 0.508. The predicted molar refractivity (Wildman–Crippen MR) is 96.7 cm³/mol. The quantitative estimate of drug-likeness (QED) is 0.736. The molecule has 2 heterocycles. The van der Waals surface area contributed by atoms with Crippen molar-refractivity contribution in [1.82, 2.24) is 14.9 Å². The van der Waals surface area contributed by atoms with Gasteiger partial charge in [0, 0.05) is 16.5 Å². The first-order valence-electron chi connectivity index (χ1n) is 7.66. The molecular weight excluding hydrogens is 338 g/mol. The molecule has 25 heavy (non-hydrogen) atoms. The first-order chi connectivity index (χ1) is 12.2. The van der Waals surface area contributed by atoms with Gasteiger partial charge in [0.15, 0.2) is 0 Å². The fourth-order valence-electron chi connectivity index (χ4n) is 2.27. The van der Waals surface area contributed by atoms with E-state index >= 15 is 0 Å². The number of aromatic nitrogens is 2. The van der Waals surface area contributed by atoms with Crippen molar-refractivity contribution in [3.63, 3.8) is 0 Å². The number of benzene rings is 1. The minimum atomic E-state index is -0.271. The molecule has 0 spiro atoms. The Morgan fingerprint density at radius 3 is 2.72 bits per heavy atom. The van der Waals surface area contributed by atoms with E-state index in [1.54, 1.807) is 30.6 Å². The number of hydrogen-bond acceptors (Lipinski definition) is 5. The molecule has 0 unspecified atom stereocenters. The Bertz CT molecular complexity index is 902. The largest absolute Gasteiger partial charge is 0.497 e. The highest BCUT2D eigenvalue weighted by Gasteiger charge is 2.07. The lowest BCUT2D eigenvalue weighted by Gasteiger charge is -2.08. The number of rotatable bonds is 6. The van der Waals surface area contributed by atoms with E-state index in [1.807, 2.05) is 29.6 Å². The molecule has 0 saturated carbocycles. The molecule has 1 N–H and O–H groups in total. The van der Waals surface area contributed by atoms with E-state index in [9.17, 15) is 9.59 Å². The zero-order chi connectivity index (χ0) is 17.6.